The quantitative estimate of drug-likeness (QED) is 0.686. The molecule has 1 amide bonds. The number of rotatable bonds is 3. The van der Waals surface area contributed by atoms with Crippen LogP contribution in [-0.4, -0.2) is 50.0 Å². The fraction of sp³-hybridized carbons (Fsp3) is 0.455. The molecular formula is C22H26N6O. The summed E-state index contributed by atoms with van der Waals surface area (Å²) >= 11 is 0. The highest BCUT2D eigenvalue weighted by Gasteiger charge is 2.31. The van der Waals surface area contributed by atoms with Crippen molar-refractivity contribution in [3.63, 3.8) is 0 Å². The van der Waals surface area contributed by atoms with E-state index >= 15 is 0 Å². The van der Waals surface area contributed by atoms with Gasteiger partial charge < -0.3 is 9.80 Å². The van der Waals surface area contributed by atoms with Crippen molar-refractivity contribution in [2.45, 2.75) is 45.1 Å². The zero-order valence-corrected chi connectivity index (χ0v) is 16.8. The largest absolute Gasteiger partial charge is 0.355 e. The van der Waals surface area contributed by atoms with Crippen LogP contribution < -0.4 is 4.90 Å². The van der Waals surface area contributed by atoms with Gasteiger partial charge in [-0.15, -0.1) is 5.10 Å². The first-order chi connectivity index (χ1) is 14.2. The van der Waals surface area contributed by atoms with Gasteiger partial charge in [0.2, 0.25) is 0 Å². The van der Waals surface area contributed by atoms with E-state index in [1.54, 1.807) is 6.07 Å². The van der Waals surface area contributed by atoms with Gasteiger partial charge >= 0.3 is 0 Å². The number of piperidine rings is 1. The highest BCUT2D eigenvalue weighted by molar-refractivity contribution is 5.92. The predicted octanol–water partition coefficient (Wildman–Crippen LogP) is 3.40. The molecule has 2 saturated heterocycles. The van der Waals surface area contributed by atoms with Crippen molar-refractivity contribution in [2.75, 3.05) is 24.5 Å². The number of fused-ring (bicyclic) bond motifs is 1. The molecule has 0 spiro atoms. The zero-order chi connectivity index (χ0) is 19.8. The van der Waals surface area contributed by atoms with Crippen LogP contribution in [-0.2, 0) is 0 Å². The monoisotopic (exact) mass is 390 g/mol. The number of imidazole rings is 1. The van der Waals surface area contributed by atoms with Gasteiger partial charge in [0, 0.05) is 25.3 Å². The van der Waals surface area contributed by atoms with Gasteiger partial charge in [0.1, 0.15) is 11.5 Å². The van der Waals surface area contributed by atoms with E-state index < -0.39 is 0 Å². The van der Waals surface area contributed by atoms with E-state index in [1.165, 1.54) is 12.8 Å². The summed E-state index contributed by atoms with van der Waals surface area (Å²) in [7, 11) is 0. The van der Waals surface area contributed by atoms with Crippen molar-refractivity contribution in [2.24, 2.45) is 0 Å². The molecule has 150 valence electrons. The zero-order valence-electron chi connectivity index (χ0n) is 16.8. The molecule has 2 aliphatic heterocycles. The van der Waals surface area contributed by atoms with Crippen LogP contribution in [0.1, 0.15) is 60.0 Å². The number of carbonyl (C=O) groups is 1. The first-order valence-corrected chi connectivity index (χ1v) is 10.5. The molecule has 7 nitrogen and oxygen atoms in total. The number of hydrogen-bond acceptors (Lipinski definition) is 5. The summed E-state index contributed by atoms with van der Waals surface area (Å²) in [6.45, 7) is 4.78. The van der Waals surface area contributed by atoms with Gasteiger partial charge in [-0.05, 0) is 63.3 Å². The number of aryl methyl sites for hydroxylation is 1. The van der Waals surface area contributed by atoms with Gasteiger partial charge in [-0.3, -0.25) is 4.79 Å². The van der Waals surface area contributed by atoms with E-state index in [1.807, 2.05) is 40.7 Å². The van der Waals surface area contributed by atoms with Crippen LogP contribution in [0, 0.1) is 6.92 Å². The van der Waals surface area contributed by atoms with Crippen molar-refractivity contribution in [3.05, 3.63) is 53.6 Å². The minimum absolute atomic E-state index is 0.0128. The number of pyridine rings is 1. The first-order valence-electron chi connectivity index (χ1n) is 10.5. The molecule has 5 heterocycles. The molecule has 0 aromatic carbocycles. The summed E-state index contributed by atoms with van der Waals surface area (Å²) in [6, 6.07) is 9.66. The first kappa shape index (κ1) is 18.1. The Morgan fingerprint density at radius 3 is 2.66 bits per heavy atom. The smallest absolute Gasteiger partial charge is 0.273 e. The van der Waals surface area contributed by atoms with Crippen LogP contribution in [0.25, 0.3) is 5.65 Å². The van der Waals surface area contributed by atoms with Gasteiger partial charge in [-0.2, -0.15) is 0 Å². The molecule has 0 N–H and O–H groups in total. The summed E-state index contributed by atoms with van der Waals surface area (Å²) < 4.78 is 1.87. The predicted molar refractivity (Wildman–Crippen MR) is 111 cm³/mol. The Morgan fingerprint density at radius 1 is 1.00 bits per heavy atom. The Balaban J connectivity index is 1.45. The van der Waals surface area contributed by atoms with Gasteiger partial charge in [0.25, 0.3) is 5.91 Å². The van der Waals surface area contributed by atoms with Gasteiger partial charge in [0.05, 0.1) is 17.9 Å². The molecule has 1 atom stereocenters. The number of carbonyl (C=O) groups excluding carboxylic acids is 1. The summed E-state index contributed by atoms with van der Waals surface area (Å²) in [4.78, 5) is 26.7. The van der Waals surface area contributed by atoms with Crippen LogP contribution in [0.2, 0.25) is 0 Å². The summed E-state index contributed by atoms with van der Waals surface area (Å²) in [5.41, 5.74) is 3.11. The molecule has 3 aromatic rings. The van der Waals surface area contributed by atoms with Crippen molar-refractivity contribution >= 4 is 17.4 Å². The van der Waals surface area contributed by atoms with Crippen LogP contribution >= 0.6 is 0 Å². The van der Waals surface area contributed by atoms with Crippen molar-refractivity contribution < 1.29 is 4.79 Å². The van der Waals surface area contributed by atoms with Crippen LogP contribution in [0.3, 0.4) is 0 Å². The Bertz CT molecular complexity index is 1040. The lowest BCUT2D eigenvalue weighted by atomic mass is 9.99. The minimum atomic E-state index is -0.0319. The third-order valence-electron chi connectivity index (χ3n) is 5.97. The average Bonchev–Trinajstić information content (AvgIpc) is 3.42. The third kappa shape index (κ3) is 3.45. The lowest BCUT2D eigenvalue weighted by molar-refractivity contribution is 0.0600. The van der Waals surface area contributed by atoms with Gasteiger partial charge in [0.15, 0.2) is 5.65 Å². The Kier molecular flexibility index (Phi) is 4.66. The Hall–Kier alpha value is -2.96. The van der Waals surface area contributed by atoms with E-state index in [2.05, 4.69) is 16.0 Å². The fourth-order valence-electron chi connectivity index (χ4n) is 4.46. The second kappa shape index (κ2) is 7.46. The number of aromatic nitrogens is 4. The van der Waals surface area contributed by atoms with E-state index in [4.69, 9.17) is 10.1 Å². The molecule has 0 bridgehead atoms. The fourth-order valence-corrected chi connectivity index (χ4v) is 4.46. The Morgan fingerprint density at radius 2 is 1.83 bits per heavy atom. The number of anilines is 1. The van der Waals surface area contributed by atoms with Gasteiger partial charge in [-0.1, -0.05) is 6.07 Å². The number of likely N-dealkylation sites (tertiary alicyclic amines) is 1. The molecule has 2 aliphatic rings. The highest BCUT2D eigenvalue weighted by Crippen LogP contribution is 2.32. The van der Waals surface area contributed by atoms with E-state index in [0.29, 0.717) is 5.69 Å². The third-order valence-corrected chi connectivity index (χ3v) is 5.97. The minimum Gasteiger partial charge on any atom is -0.355 e. The lowest BCUT2D eigenvalue weighted by Gasteiger charge is -2.34. The maximum Gasteiger partial charge on any atom is 0.273 e. The molecule has 2 fully saturated rings. The van der Waals surface area contributed by atoms with Crippen molar-refractivity contribution in [1.29, 1.82) is 0 Å². The average molecular weight is 390 g/mol. The van der Waals surface area contributed by atoms with Crippen LogP contribution in [0.4, 0.5) is 5.82 Å². The van der Waals surface area contributed by atoms with Crippen molar-refractivity contribution in [1.82, 2.24) is 24.5 Å². The normalized spacial score (nSPS) is 19.8. The SMILES string of the molecule is Cc1cccc(C(=O)N2CCCC[C@H]2c2cn3nc(N4CCCC4)ccc3n2)n1. The maximum atomic E-state index is 13.2. The number of amides is 1. The maximum absolute atomic E-state index is 13.2. The van der Waals surface area contributed by atoms with Crippen LogP contribution in [0.15, 0.2) is 36.5 Å². The molecular weight excluding hydrogens is 364 g/mol. The second-order valence-electron chi connectivity index (χ2n) is 8.03. The Labute approximate surface area is 170 Å². The van der Waals surface area contributed by atoms with Gasteiger partial charge in [-0.25, -0.2) is 14.5 Å². The molecule has 29 heavy (non-hydrogen) atoms. The molecule has 0 unspecified atom stereocenters. The molecule has 0 saturated carbocycles. The number of hydrogen-bond donors (Lipinski definition) is 0. The van der Waals surface area contributed by atoms with Crippen LogP contribution in [0.5, 0.6) is 0 Å². The molecule has 0 radical (unpaired) electrons. The molecule has 5 rings (SSSR count). The highest BCUT2D eigenvalue weighted by atomic mass is 16.2. The van der Waals surface area contributed by atoms with E-state index in [0.717, 1.165) is 61.7 Å². The molecule has 3 aromatic heterocycles. The summed E-state index contributed by atoms with van der Waals surface area (Å²) in [6.07, 6.45) is 7.46. The topological polar surface area (TPSA) is 66.6 Å². The molecule has 7 heteroatoms. The summed E-state index contributed by atoms with van der Waals surface area (Å²) in [5.74, 6) is 0.987. The second-order valence-corrected chi connectivity index (χ2v) is 8.03. The summed E-state index contributed by atoms with van der Waals surface area (Å²) in [5, 5.41) is 4.78. The van der Waals surface area contributed by atoms with E-state index in [9.17, 15) is 4.79 Å². The molecule has 0 aliphatic carbocycles. The number of nitrogens with zero attached hydrogens (tertiary/aromatic N) is 6. The lowest BCUT2D eigenvalue weighted by Crippen LogP contribution is -2.39. The van der Waals surface area contributed by atoms with E-state index in [-0.39, 0.29) is 11.9 Å². The van der Waals surface area contributed by atoms with Crippen molar-refractivity contribution in [3.8, 4) is 0 Å². The standard InChI is InChI=1S/C22H26N6O/c1-16-7-6-8-17(23-16)22(29)27-14-3-2-9-19(27)18-15-28-20(24-18)10-11-21(25-28)26-12-4-5-13-26/h6-8,10-11,15,19H,2-5,9,12-14H2,1H3/t19-/m0/s1.